The molecule has 1 heterocycles. The molecule has 0 atom stereocenters. The second-order valence-electron chi connectivity index (χ2n) is 5.62. The number of benzene rings is 2. The zero-order valence-electron chi connectivity index (χ0n) is 13.5. The van der Waals surface area contributed by atoms with Gasteiger partial charge in [-0.05, 0) is 30.2 Å². The van der Waals surface area contributed by atoms with Crippen molar-refractivity contribution in [3.8, 4) is 11.5 Å². The number of ether oxygens (including phenoxy) is 3. The van der Waals surface area contributed by atoms with Crippen LogP contribution in [0.4, 0.5) is 0 Å². The van der Waals surface area contributed by atoms with Gasteiger partial charge in [-0.15, -0.1) is 11.6 Å². The number of alkyl halides is 1. The first kappa shape index (κ1) is 16.7. The van der Waals surface area contributed by atoms with Crippen molar-refractivity contribution in [2.24, 2.45) is 0 Å². The third-order valence-electron chi connectivity index (χ3n) is 3.84. The van der Waals surface area contributed by atoms with Crippen LogP contribution in [0.2, 0.25) is 0 Å². The number of para-hydroxylation sites is 2. The molecular weight excluding hydrogens is 328 g/mol. The average Bonchev–Trinajstić information content (AvgIpc) is 2.56. The summed E-state index contributed by atoms with van der Waals surface area (Å²) in [5.41, 5.74) is 2.04. The van der Waals surface area contributed by atoms with E-state index in [1.165, 1.54) is 0 Å². The van der Waals surface area contributed by atoms with Crippen molar-refractivity contribution in [3.05, 3.63) is 59.7 Å². The van der Waals surface area contributed by atoms with E-state index in [1.807, 2.05) is 48.5 Å². The third-order valence-corrected chi connectivity index (χ3v) is 4.25. The van der Waals surface area contributed by atoms with Gasteiger partial charge in [0.25, 0.3) is 5.79 Å². The van der Waals surface area contributed by atoms with Gasteiger partial charge in [-0.2, -0.15) is 0 Å². The first-order valence-corrected chi connectivity index (χ1v) is 8.44. The minimum atomic E-state index is -1.31. The van der Waals surface area contributed by atoms with Crippen LogP contribution in [-0.4, -0.2) is 24.2 Å². The zero-order chi connectivity index (χ0) is 17.0. The minimum absolute atomic E-state index is 0.00547. The maximum absolute atomic E-state index is 12.1. The van der Waals surface area contributed by atoms with Crippen LogP contribution in [-0.2, 0) is 16.0 Å². The van der Waals surface area contributed by atoms with E-state index in [0.29, 0.717) is 24.5 Å². The molecule has 0 N–H and O–H groups in total. The Balaban J connectivity index is 2.05. The molecule has 3 rings (SSSR count). The van der Waals surface area contributed by atoms with Gasteiger partial charge in [0.05, 0.1) is 6.61 Å². The van der Waals surface area contributed by atoms with Gasteiger partial charge >= 0.3 is 5.97 Å². The molecule has 5 heteroatoms. The van der Waals surface area contributed by atoms with E-state index in [0.717, 1.165) is 11.1 Å². The molecule has 1 aliphatic heterocycles. The van der Waals surface area contributed by atoms with Crippen molar-refractivity contribution in [1.82, 2.24) is 0 Å². The summed E-state index contributed by atoms with van der Waals surface area (Å²) in [6, 6.07) is 15.4. The number of halogens is 1. The molecule has 24 heavy (non-hydrogen) atoms. The first-order chi connectivity index (χ1) is 11.7. The Kier molecular flexibility index (Phi) is 4.95. The fourth-order valence-corrected chi connectivity index (χ4v) is 2.94. The van der Waals surface area contributed by atoms with Crippen LogP contribution in [0, 0.1) is 0 Å². The molecule has 0 amide bonds. The Morgan fingerprint density at radius 3 is 2.12 bits per heavy atom. The van der Waals surface area contributed by atoms with Gasteiger partial charge in [-0.1, -0.05) is 36.4 Å². The normalized spacial score (nSPS) is 14.9. The molecule has 0 bridgehead atoms. The second kappa shape index (κ2) is 7.14. The van der Waals surface area contributed by atoms with Gasteiger partial charge in [0.2, 0.25) is 0 Å². The zero-order valence-corrected chi connectivity index (χ0v) is 14.2. The average molecular weight is 347 g/mol. The van der Waals surface area contributed by atoms with Crippen LogP contribution in [0.15, 0.2) is 48.5 Å². The Morgan fingerprint density at radius 2 is 1.62 bits per heavy atom. The summed E-state index contributed by atoms with van der Waals surface area (Å²) in [5, 5.41) is 0. The lowest BCUT2D eigenvalue weighted by Crippen LogP contribution is -2.47. The summed E-state index contributed by atoms with van der Waals surface area (Å²) >= 11 is 6.18. The number of rotatable bonds is 4. The first-order valence-electron chi connectivity index (χ1n) is 7.91. The minimum Gasteiger partial charge on any atom is -0.466 e. The van der Waals surface area contributed by atoms with Crippen LogP contribution >= 0.6 is 11.6 Å². The van der Waals surface area contributed by atoms with Gasteiger partial charge < -0.3 is 14.2 Å². The molecule has 0 fully saturated rings. The molecule has 0 spiro atoms. The van der Waals surface area contributed by atoms with E-state index in [9.17, 15) is 4.79 Å². The lowest BCUT2D eigenvalue weighted by molar-refractivity contribution is -0.160. The largest absolute Gasteiger partial charge is 0.466 e. The van der Waals surface area contributed by atoms with E-state index in [1.54, 1.807) is 6.92 Å². The predicted octanol–water partition coefficient (Wildman–Crippen LogP) is 3.94. The van der Waals surface area contributed by atoms with Crippen LogP contribution in [0.1, 0.15) is 24.5 Å². The molecule has 126 valence electrons. The molecule has 0 radical (unpaired) electrons. The SMILES string of the molecule is CCOC(=O)CC1(CCl)Oc2ccccc2Cc2ccccc2O1. The van der Waals surface area contributed by atoms with Gasteiger partial charge in [0, 0.05) is 6.42 Å². The highest BCUT2D eigenvalue weighted by Crippen LogP contribution is 2.36. The van der Waals surface area contributed by atoms with E-state index in [-0.39, 0.29) is 12.3 Å². The highest BCUT2D eigenvalue weighted by atomic mass is 35.5. The number of hydrogen-bond acceptors (Lipinski definition) is 4. The van der Waals surface area contributed by atoms with E-state index in [2.05, 4.69) is 0 Å². The number of carbonyl (C=O) groups is 1. The van der Waals surface area contributed by atoms with Gasteiger partial charge in [0.1, 0.15) is 23.8 Å². The van der Waals surface area contributed by atoms with Crippen molar-refractivity contribution >= 4 is 17.6 Å². The predicted molar refractivity (Wildman–Crippen MR) is 91.6 cm³/mol. The van der Waals surface area contributed by atoms with Crippen molar-refractivity contribution < 1.29 is 19.0 Å². The van der Waals surface area contributed by atoms with Crippen molar-refractivity contribution in [3.63, 3.8) is 0 Å². The second-order valence-corrected chi connectivity index (χ2v) is 5.89. The van der Waals surface area contributed by atoms with Gasteiger partial charge in [-0.25, -0.2) is 0 Å². The lowest BCUT2D eigenvalue weighted by Gasteiger charge is -2.35. The third kappa shape index (κ3) is 3.49. The van der Waals surface area contributed by atoms with Crippen LogP contribution in [0.25, 0.3) is 0 Å². The molecule has 0 saturated heterocycles. The van der Waals surface area contributed by atoms with Gasteiger partial charge in [0.15, 0.2) is 0 Å². The topological polar surface area (TPSA) is 44.8 Å². The number of esters is 1. The monoisotopic (exact) mass is 346 g/mol. The summed E-state index contributed by atoms with van der Waals surface area (Å²) in [6.07, 6.45) is 0.594. The van der Waals surface area contributed by atoms with E-state index >= 15 is 0 Å². The Hall–Kier alpha value is -2.20. The fourth-order valence-electron chi connectivity index (χ4n) is 2.73. The fraction of sp³-hybridized carbons (Fsp3) is 0.316. The van der Waals surface area contributed by atoms with Crippen molar-refractivity contribution in [2.75, 3.05) is 12.5 Å². The summed E-state index contributed by atoms with van der Waals surface area (Å²) < 4.78 is 17.2. The van der Waals surface area contributed by atoms with Crippen LogP contribution < -0.4 is 9.47 Å². The summed E-state index contributed by atoms with van der Waals surface area (Å²) in [7, 11) is 0. The van der Waals surface area contributed by atoms with E-state index < -0.39 is 11.8 Å². The highest BCUT2D eigenvalue weighted by molar-refractivity contribution is 6.18. The molecule has 4 nitrogen and oxygen atoms in total. The maximum Gasteiger partial charge on any atom is 0.313 e. The van der Waals surface area contributed by atoms with E-state index in [4.69, 9.17) is 25.8 Å². The summed E-state index contributed by atoms with van der Waals surface area (Å²) in [4.78, 5) is 12.1. The molecule has 1 aliphatic rings. The summed E-state index contributed by atoms with van der Waals surface area (Å²) in [6.45, 7) is 2.06. The Morgan fingerprint density at radius 1 is 1.08 bits per heavy atom. The smallest absolute Gasteiger partial charge is 0.313 e. The molecule has 2 aromatic carbocycles. The lowest BCUT2D eigenvalue weighted by atomic mass is 10.0. The van der Waals surface area contributed by atoms with Gasteiger partial charge in [-0.3, -0.25) is 4.79 Å². The molecule has 0 unspecified atom stereocenters. The Bertz CT molecular complexity index is 681. The molecular formula is C19H19ClO4. The highest BCUT2D eigenvalue weighted by Gasteiger charge is 2.40. The van der Waals surface area contributed by atoms with Crippen molar-refractivity contribution in [2.45, 2.75) is 25.6 Å². The number of hydrogen-bond donors (Lipinski definition) is 0. The molecule has 0 saturated carbocycles. The van der Waals surface area contributed by atoms with Crippen LogP contribution in [0.3, 0.4) is 0 Å². The van der Waals surface area contributed by atoms with Crippen molar-refractivity contribution in [1.29, 1.82) is 0 Å². The quantitative estimate of drug-likeness (QED) is 0.621. The molecule has 0 aromatic heterocycles. The Labute approximate surface area is 146 Å². The summed E-state index contributed by atoms with van der Waals surface area (Å²) in [5.74, 6) is -0.392. The number of carbonyl (C=O) groups excluding carboxylic acids is 1. The van der Waals surface area contributed by atoms with Crippen LogP contribution in [0.5, 0.6) is 11.5 Å². The maximum atomic E-state index is 12.1. The number of fused-ring (bicyclic) bond motifs is 2. The molecule has 2 aromatic rings. The molecule has 0 aliphatic carbocycles. The standard InChI is InChI=1S/C19H19ClO4/c1-2-22-18(21)12-19(13-20)23-16-9-5-3-7-14(16)11-15-8-4-6-10-17(15)24-19/h3-10H,2,11-13H2,1H3.